The molecule has 2 nitrogen and oxygen atoms in total. The molecule has 3 heteroatoms. The van der Waals surface area contributed by atoms with Gasteiger partial charge in [-0.2, -0.15) is 12.6 Å². The van der Waals surface area contributed by atoms with Crippen molar-refractivity contribution in [3.63, 3.8) is 0 Å². The Labute approximate surface area is 362 Å². The number of hydrogen-bond donors (Lipinski definition) is 1. The third-order valence-corrected chi connectivity index (χ3v) is 12.5. The van der Waals surface area contributed by atoms with E-state index >= 15 is 0 Å². The molecule has 298 valence electrons. The van der Waals surface area contributed by atoms with Crippen molar-refractivity contribution in [3.05, 3.63) is 228 Å². The zero-order chi connectivity index (χ0) is 41.9. The van der Waals surface area contributed by atoms with Crippen molar-refractivity contribution in [2.45, 2.75) is 51.2 Å². The summed E-state index contributed by atoms with van der Waals surface area (Å²) in [6.07, 6.45) is 5.58. The predicted octanol–water partition coefficient (Wildman–Crippen LogP) is 16.1. The number of thiol groups is 1. The molecule has 1 heterocycles. The van der Waals surface area contributed by atoms with Crippen LogP contribution < -0.4 is 9.80 Å². The Kier molecular flexibility index (Phi) is 11.6. The number of aryl methyl sites for hydroxylation is 1. The quantitative estimate of drug-likeness (QED) is 0.137. The van der Waals surface area contributed by atoms with Crippen LogP contribution in [0.3, 0.4) is 0 Å². The predicted molar refractivity (Wildman–Crippen MR) is 264 cm³/mol. The lowest BCUT2D eigenvalue weighted by Crippen LogP contribution is -2.28. The summed E-state index contributed by atoms with van der Waals surface area (Å²) < 4.78 is -0.447. The van der Waals surface area contributed by atoms with E-state index in [4.69, 9.17) is 12.6 Å². The Balaban J connectivity index is 0.000000297. The van der Waals surface area contributed by atoms with E-state index in [2.05, 4.69) is 252 Å². The third kappa shape index (κ3) is 8.28. The number of para-hydroxylation sites is 2. The molecule has 60 heavy (non-hydrogen) atoms. The smallest absolute Gasteiger partial charge is 0.0466 e. The van der Waals surface area contributed by atoms with Gasteiger partial charge in [0.25, 0.3) is 0 Å². The molecule has 1 aliphatic rings. The molecule has 0 N–H and O–H groups in total. The van der Waals surface area contributed by atoms with Crippen LogP contribution in [0.5, 0.6) is 0 Å². The molecule has 1 aliphatic heterocycles. The van der Waals surface area contributed by atoms with E-state index in [1.165, 1.54) is 60.6 Å². The van der Waals surface area contributed by atoms with Gasteiger partial charge in [0.15, 0.2) is 0 Å². The summed E-state index contributed by atoms with van der Waals surface area (Å²) in [7, 11) is 2.20. The van der Waals surface area contributed by atoms with Crippen LogP contribution in [-0.2, 0) is 10.2 Å². The Morgan fingerprint density at radius 3 is 1.73 bits per heavy atom. The summed E-state index contributed by atoms with van der Waals surface area (Å²) in [4.78, 5) is 4.70. The van der Waals surface area contributed by atoms with Crippen molar-refractivity contribution in [3.8, 4) is 0 Å². The van der Waals surface area contributed by atoms with E-state index in [-0.39, 0.29) is 5.41 Å². The molecule has 0 saturated carbocycles. The van der Waals surface area contributed by atoms with Gasteiger partial charge in [0.2, 0.25) is 0 Å². The topological polar surface area (TPSA) is 6.48 Å². The van der Waals surface area contributed by atoms with Gasteiger partial charge in [-0.1, -0.05) is 171 Å². The summed E-state index contributed by atoms with van der Waals surface area (Å²) >= 11 is 5.46. The first-order valence-electron chi connectivity index (χ1n) is 20.9. The highest BCUT2D eigenvalue weighted by atomic mass is 32.1. The van der Waals surface area contributed by atoms with Crippen molar-refractivity contribution in [2.75, 3.05) is 16.8 Å². The second-order valence-electron chi connectivity index (χ2n) is 16.7. The number of nitrogens with zero attached hydrogens (tertiary/aromatic N) is 2. The maximum Gasteiger partial charge on any atom is 0.0466 e. The van der Waals surface area contributed by atoms with E-state index in [0.717, 1.165) is 29.2 Å². The summed E-state index contributed by atoms with van der Waals surface area (Å²) in [5.74, 6) is 0. The van der Waals surface area contributed by atoms with Gasteiger partial charge in [-0.3, -0.25) is 0 Å². The minimum atomic E-state index is -0.447. The molecule has 1 unspecified atom stereocenters. The molecular weight excluding hydrogens is 745 g/mol. The molecule has 0 aliphatic carbocycles. The molecule has 0 radical (unpaired) electrons. The first kappa shape index (κ1) is 40.5. The third-order valence-electron chi connectivity index (χ3n) is 12.1. The van der Waals surface area contributed by atoms with Gasteiger partial charge in [-0.05, 0) is 125 Å². The maximum absolute atomic E-state index is 5.46. The average molecular weight is 799 g/mol. The zero-order valence-electron chi connectivity index (χ0n) is 35.6. The first-order valence-corrected chi connectivity index (χ1v) is 21.4. The van der Waals surface area contributed by atoms with Gasteiger partial charge in [-0.15, -0.1) is 0 Å². The Morgan fingerprint density at radius 1 is 0.567 bits per heavy atom. The lowest BCUT2D eigenvalue weighted by Gasteiger charge is -2.38. The van der Waals surface area contributed by atoms with Crippen LogP contribution in [0.4, 0.5) is 28.4 Å². The van der Waals surface area contributed by atoms with E-state index in [1.807, 2.05) is 0 Å². The number of hydrogen-bond acceptors (Lipinski definition) is 3. The average Bonchev–Trinajstić information content (AvgIpc) is 3.28. The fourth-order valence-electron chi connectivity index (χ4n) is 8.57. The molecule has 0 fully saturated rings. The molecule has 1 atom stereocenters. The fraction of sp³-hybridized carbons (Fsp3) is 0.158. The summed E-state index contributed by atoms with van der Waals surface area (Å²) in [5, 5.41) is 5.30. The second-order valence-corrected chi connectivity index (χ2v) is 17.7. The number of benzene rings is 8. The number of rotatable bonds is 5. The van der Waals surface area contributed by atoms with Crippen LogP contribution >= 0.6 is 12.6 Å². The Hall–Kier alpha value is -6.29. The summed E-state index contributed by atoms with van der Waals surface area (Å²) in [6, 6.07) is 67.1. The molecule has 0 amide bonds. The fourth-order valence-corrected chi connectivity index (χ4v) is 8.84. The van der Waals surface area contributed by atoms with Gasteiger partial charge in [0.1, 0.15) is 0 Å². The minimum Gasteiger partial charge on any atom is -0.344 e. The van der Waals surface area contributed by atoms with Crippen LogP contribution in [0, 0.1) is 6.92 Å². The van der Waals surface area contributed by atoms with Gasteiger partial charge in [0.05, 0.1) is 0 Å². The van der Waals surface area contributed by atoms with Gasteiger partial charge in [-0.25, -0.2) is 0 Å². The van der Waals surface area contributed by atoms with E-state index < -0.39 is 4.75 Å². The van der Waals surface area contributed by atoms with E-state index in [1.54, 1.807) is 0 Å². The lowest BCUT2D eigenvalue weighted by molar-refractivity contribution is 0.622. The molecule has 0 saturated heterocycles. The Morgan fingerprint density at radius 2 is 1.08 bits per heavy atom. The van der Waals surface area contributed by atoms with Gasteiger partial charge in [0, 0.05) is 45.6 Å². The van der Waals surface area contributed by atoms with Crippen molar-refractivity contribution in [1.29, 1.82) is 0 Å². The van der Waals surface area contributed by atoms with Gasteiger partial charge < -0.3 is 9.80 Å². The van der Waals surface area contributed by atoms with Crippen molar-refractivity contribution in [2.24, 2.45) is 0 Å². The highest BCUT2D eigenvalue weighted by Gasteiger charge is 2.34. The van der Waals surface area contributed by atoms with E-state index in [9.17, 15) is 0 Å². The second kappa shape index (κ2) is 17.1. The van der Waals surface area contributed by atoms with Crippen LogP contribution in [0.15, 0.2) is 206 Å². The number of allylic oxidation sites excluding steroid dienone is 4. The van der Waals surface area contributed by atoms with Crippen LogP contribution in [0.2, 0.25) is 0 Å². The molecule has 0 aromatic heterocycles. The molecule has 8 aromatic carbocycles. The Bertz CT molecular complexity index is 2760. The van der Waals surface area contributed by atoms with Crippen molar-refractivity contribution in [1.82, 2.24) is 0 Å². The molecule has 8 aromatic rings. The van der Waals surface area contributed by atoms with Gasteiger partial charge >= 0.3 is 0 Å². The van der Waals surface area contributed by atoms with E-state index in [0.29, 0.717) is 0 Å². The molecular formula is C57H54N2S. The highest BCUT2D eigenvalue weighted by molar-refractivity contribution is 7.81. The SMILES string of the molecule is C/C(=C\C1=C/CC(C)(S)c2cc(N(c3ccccc3)c3ccc(C)cc3)ccc2N(C)c2ccccc2C1(C)C)c1ccccc1.c1ccc2c(c1)ccc1ccccc12. The molecule has 0 bridgehead atoms. The largest absolute Gasteiger partial charge is 0.344 e. The standard InChI is InChI=1S/C43H44N2S.C14H10/c1-31-21-23-36(24-22-31)45(35-17-11-8-12-18-35)37-25-26-41-39(30-37)43(5,46)28-27-34(29-32(2)33-15-9-7-10-16-33)42(3,4)38-19-13-14-20-40(38)44(41)6;1-3-7-13-11(5-1)9-10-12-6-2-4-8-14(12)13/h7-27,29-30,46H,28H2,1-6H3;1-10H/b32-29+,34-27+;. The highest BCUT2D eigenvalue weighted by Crippen LogP contribution is 2.49. The molecule has 9 rings (SSSR count). The number of fused-ring (bicyclic) bond motifs is 5. The lowest BCUT2D eigenvalue weighted by atomic mass is 9.74. The summed E-state index contributed by atoms with van der Waals surface area (Å²) in [5.41, 5.74) is 13.0. The van der Waals surface area contributed by atoms with Crippen molar-refractivity contribution >= 4 is 68.2 Å². The van der Waals surface area contributed by atoms with Crippen molar-refractivity contribution < 1.29 is 0 Å². The molecule has 0 spiro atoms. The van der Waals surface area contributed by atoms with Crippen LogP contribution in [0.1, 0.15) is 56.4 Å². The number of anilines is 5. The normalized spacial score (nSPS) is 17.1. The first-order chi connectivity index (χ1) is 29.0. The van der Waals surface area contributed by atoms with Crippen LogP contribution in [-0.4, -0.2) is 7.05 Å². The monoisotopic (exact) mass is 798 g/mol. The maximum atomic E-state index is 5.46. The minimum absolute atomic E-state index is 0.238. The van der Waals surface area contributed by atoms with Crippen LogP contribution in [0.25, 0.3) is 27.1 Å². The summed E-state index contributed by atoms with van der Waals surface area (Å²) in [6.45, 7) is 11.3. The zero-order valence-corrected chi connectivity index (χ0v) is 36.5.